The monoisotopic (exact) mass is 364 g/mol. The van der Waals surface area contributed by atoms with Gasteiger partial charge in [0.1, 0.15) is 22.2 Å². The lowest BCUT2D eigenvalue weighted by Gasteiger charge is -2.22. The largest absolute Gasteiger partial charge is 0.354 e. The first-order chi connectivity index (χ1) is 11.6. The van der Waals surface area contributed by atoms with E-state index in [1.165, 1.54) is 10.4 Å². The van der Waals surface area contributed by atoms with Crippen LogP contribution in [0.15, 0.2) is 11.4 Å². The minimum absolute atomic E-state index is 0.0795. The summed E-state index contributed by atoms with van der Waals surface area (Å²) in [5.74, 6) is 0.456. The van der Waals surface area contributed by atoms with Gasteiger partial charge in [0.05, 0.1) is 0 Å². The molecule has 2 amide bonds. The van der Waals surface area contributed by atoms with E-state index >= 15 is 0 Å². The number of piperidine rings is 1. The van der Waals surface area contributed by atoms with Crippen LogP contribution < -0.4 is 10.6 Å². The SMILES string of the molecule is Cc1sc2ncnc(SCCC(=O)NC3CCCNC3=O)c2c1C. The van der Waals surface area contributed by atoms with Crippen LogP contribution in [0.5, 0.6) is 0 Å². The average molecular weight is 364 g/mol. The van der Waals surface area contributed by atoms with Crippen LogP contribution in [0.2, 0.25) is 0 Å². The molecule has 1 saturated heterocycles. The third kappa shape index (κ3) is 3.70. The third-order valence-corrected chi connectivity index (χ3v) is 6.23. The second-order valence-corrected chi connectivity index (χ2v) is 8.08. The van der Waals surface area contributed by atoms with E-state index in [-0.39, 0.29) is 17.9 Å². The number of rotatable bonds is 5. The Morgan fingerprint density at radius 1 is 1.46 bits per heavy atom. The summed E-state index contributed by atoms with van der Waals surface area (Å²) < 4.78 is 0. The molecule has 1 atom stereocenters. The summed E-state index contributed by atoms with van der Waals surface area (Å²) in [6.07, 6.45) is 3.56. The highest BCUT2D eigenvalue weighted by molar-refractivity contribution is 7.99. The van der Waals surface area contributed by atoms with E-state index in [1.54, 1.807) is 29.4 Å². The van der Waals surface area contributed by atoms with Crippen molar-refractivity contribution in [2.24, 2.45) is 0 Å². The summed E-state index contributed by atoms with van der Waals surface area (Å²) >= 11 is 3.23. The maximum Gasteiger partial charge on any atom is 0.242 e. The van der Waals surface area contributed by atoms with Crippen molar-refractivity contribution in [3.8, 4) is 0 Å². The standard InChI is InChI=1S/C16H20N4O2S2/c1-9-10(2)24-16-13(9)15(18-8-19-16)23-7-5-12(21)20-11-4-3-6-17-14(11)22/h8,11H,3-7H2,1-2H3,(H,17,22)(H,20,21). The number of carbonyl (C=O) groups excluding carboxylic acids is 2. The van der Waals surface area contributed by atoms with Crippen LogP contribution in [0.3, 0.4) is 0 Å². The molecule has 0 saturated carbocycles. The maximum absolute atomic E-state index is 12.0. The van der Waals surface area contributed by atoms with Gasteiger partial charge in [-0.3, -0.25) is 9.59 Å². The zero-order valence-electron chi connectivity index (χ0n) is 13.7. The Morgan fingerprint density at radius 3 is 3.08 bits per heavy atom. The number of nitrogens with one attached hydrogen (secondary N) is 2. The fourth-order valence-corrected chi connectivity index (χ4v) is 4.73. The molecule has 0 bridgehead atoms. The van der Waals surface area contributed by atoms with Crippen molar-refractivity contribution in [3.63, 3.8) is 0 Å². The Hall–Kier alpha value is -1.67. The molecular weight excluding hydrogens is 344 g/mol. The quantitative estimate of drug-likeness (QED) is 0.628. The van der Waals surface area contributed by atoms with E-state index in [1.807, 2.05) is 0 Å². The number of hydrogen-bond acceptors (Lipinski definition) is 6. The van der Waals surface area contributed by atoms with Gasteiger partial charge in [-0.05, 0) is 32.3 Å². The molecule has 0 radical (unpaired) electrons. The number of nitrogens with zero attached hydrogens (tertiary/aromatic N) is 2. The van der Waals surface area contributed by atoms with Gasteiger partial charge in [-0.2, -0.15) is 0 Å². The van der Waals surface area contributed by atoms with E-state index in [9.17, 15) is 9.59 Å². The van der Waals surface area contributed by atoms with Crippen molar-refractivity contribution in [3.05, 3.63) is 16.8 Å². The molecule has 6 nitrogen and oxygen atoms in total. The lowest BCUT2D eigenvalue weighted by atomic mass is 10.1. The predicted octanol–water partition coefficient (Wildman–Crippen LogP) is 2.19. The van der Waals surface area contributed by atoms with E-state index in [0.29, 0.717) is 25.1 Å². The number of aryl methyl sites for hydroxylation is 2. The predicted molar refractivity (Wildman–Crippen MR) is 96.4 cm³/mol. The summed E-state index contributed by atoms with van der Waals surface area (Å²) in [5.41, 5.74) is 1.21. The van der Waals surface area contributed by atoms with Crippen LogP contribution in [0, 0.1) is 13.8 Å². The van der Waals surface area contributed by atoms with Crippen LogP contribution in [-0.4, -0.2) is 40.1 Å². The molecule has 0 spiro atoms. The van der Waals surface area contributed by atoms with Gasteiger partial charge >= 0.3 is 0 Å². The van der Waals surface area contributed by atoms with Crippen molar-refractivity contribution >= 4 is 45.1 Å². The van der Waals surface area contributed by atoms with E-state index in [2.05, 4.69) is 34.4 Å². The molecule has 2 aromatic rings. The Morgan fingerprint density at radius 2 is 2.29 bits per heavy atom. The van der Waals surface area contributed by atoms with Crippen LogP contribution in [0.1, 0.15) is 29.7 Å². The molecule has 0 aromatic carbocycles. The first-order valence-corrected chi connectivity index (χ1v) is 9.77. The smallest absolute Gasteiger partial charge is 0.242 e. The van der Waals surface area contributed by atoms with E-state index in [0.717, 1.165) is 21.7 Å². The van der Waals surface area contributed by atoms with E-state index in [4.69, 9.17) is 0 Å². The maximum atomic E-state index is 12.0. The fourth-order valence-electron chi connectivity index (χ4n) is 2.68. The molecular formula is C16H20N4O2S2. The molecule has 24 heavy (non-hydrogen) atoms. The second kappa shape index (κ2) is 7.48. The van der Waals surface area contributed by atoms with Crippen LogP contribution in [-0.2, 0) is 9.59 Å². The normalized spacial score (nSPS) is 17.8. The molecule has 1 aliphatic heterocycles. The number of aromatic nitrogens is 2. The summed E-state index contributed by atoms with van der Waals surface area (Å²) in [5, 5.41) is 7.60. The number of fused-ring (bicyclic) bond motifs is 1. The fraction of sp³-hybridized carbons (Fsp3) is 0.500. The first kappa shape index (κ1) is 17.2. The summed E-state index contributed by atoms with van der Waals surface area (Å²) in [6, 6.07) is -0.385. The number of thioether (sulfide) groups is 1. The van der Waals surface area contributed by atoms with Crippen molar-refractivity contribution in [1.82, 2.24) is 20.6 Å². The average Bonchev–Trinajstić information content (AvgIpc) is 2.85. The lowest BCUT2D eigenvalue weighted by Crippen LogP contribution is -2.50. The molecule has 3 heterocycles. The number of carbonyl (C=O) groups is 2. The Balaban J connectivity index is 1.56. The third-order valence-electron chi connectivity index (χ3n) is 4.12. The molecule has 8 heteroatoms. The van der Waals surface area contributed by atoms with Gasteiger partial charge < -0.3 is 10.6 Å². The van der Waals surface area contributed by atoms with Gasteiger partial charge in [0.25, 0.3) is 0 Å². The Kier molecular flexibility index (Phi) is 5.35. The number of amides is 2. The summed E-state index contributed by atoms with van der Waals surface area (Å²) in [4.78, 5) is 34.6. The van der Waals surface area contributed by atoms with Crippen molar-refractivity contribution in [2.45, 2.75) is 44.2 Å². The van der Waals surface area contributed by atoms with Gasteiger partial charge in [-0.1, -0.05) is 0 Å². The van der Waals surface area contributed by atoms with Crippen LogP contribution in [0.4, 0.5) is 0 Å². The van der Waals surface area contributed by atoms with Gasteiger partial charge in [-0.25, -0.2) is 9.97 Å². The molecule has 3 rings (SSSR count). The molecule has 1 unspecified atom stereocenters. The van der Waals surface area contributed by atoms with Gasteiger partial charge in [-0.15, -0.1) is 23.1 Å². The molecule has 128 valence electrons. The highest BCUT2D eigenvalue weighted by Crippen LogP contribution is 2.34. The molecule has 1 aliphatic rings. The van der Waals surface area contributed by atoms with E-state index < -0.39 is 0 Å². The van der Waals surface area contributed by atoms with Gasteiger partial charge in [0.2, 0.25) is 11.8 Å². The molecule has 1 fully saturated rings. The molecule has 2 aromatic heterocycles. The second-order valence-electron chi connectivity index (χ2n) is 5.79. The summed E-state index contributed by atoms with van der Waals surface area (Å²) in [6.45, 7) is 4.86. The Bertz CT molecular complexity index is 775. The van der Waals surface area contributed by atoms with Gasteiger partial charge in [0.15, 0.2) is 0 Å². The van der Waals surface area contributed by atoms with Gasteiger partial charge in [0, 0.05) is 29.0 Å². The van der Waals surface area contributed by atoms with Crippen LogP contribution in [0.25, 0.3) is 10.2 Å². The molecule has 0 aliphatic carbocycles. The zero-order valence-corrected chi connectivity index (χ0v) is 15.4. The highest BCUT2D eigenvalue weighted by Gasteiger charge is 2.23. The summed E-state index contributed by atoms with van der Waals surface area (Å²) in [7, 11) is 0. The minimum atomic E-state index is -0.385. The number of thiophene rings is 1. The van der Waals surface area contributed by atoms with Crippen molar-refractivity contribution < 1.29 is 9.59 Å². The van der Waals surface area contributed by atoms with Crippen LogP contribution >= 0.6 is 23.1 Å². The van der Waals surface area contributed by atoms with Crippen molar-refractivity contribution in [1.29, 1.82) is 0 Å². The topological polar surface area (TPSA) is 84.0 Å². The number of hydrogen-bond donors (Lipinski definition) is 2. The molecule has 2 N–H and O–H groups in total. The van der Waals surface area contributed by atoms with Crippen molar-refractivity contribution in [2.75, 3.05) is 12.3 Å². The highest BCUT2D eigenvalue weighted by atomic mass is 32.2. The first-order valence-electron chi connectivity index (χ1n) is 7.97. The Labute approximate surface area is 148 Å². The zero-order chi connectivity index (χ0) is 17.1. The minimum Gasteiger partial charge on any atom is -0.354 e. The lowest BCUT2D eigenvalue weighted by molar-refractivity contribution is -0.129.